The van der Waals surface area contributed by atoms with Gasteiger partial charge in [-0.25, -0.2) is 0 Å². The first-order chi connectivity index (χ1) is 8.78. The summed E-state index contributed by atoms with van der Waals surface area (Å²) in [6.45, 7) is 8.28. The molecule has 0 N–H and O–H groups in total. The van der Waals surface area contributed by atoms with Crippen molar-refractivity contribution in [3.63, 3.8) is 0 Å². The zero-order valence-corrected chi connectivity index (χ0v) is 11.7. The molecule has 5 unspecified atom stereocenters. The molecular weight excluding hydrogens is 216 g/mol. The molecule has 0 saturated heterocycles. The maximum absolute atomic E-state index is 4.36. The fourth-order valence-corrected chi connectivity index (χ4v) is 5.11. The predicted octanol–water partition coefficient (Wildman–Crippen LogP) is 5.36. The van der Waals surface area contributed by atoms with Crippen molar-refractivity contribution in [2.75, 3.05) is 0 Å². The first-order valence-corrected chi connectivity index (χ1v) is 8.06. The summed E-state index contributed by atoms with van der Waals surface area (Å²) in [6, 6.07) is 0. The van der Waals surface area contributed by atoms with Crippen LogP contribution in [0.1, 0.15) is 57.8 Å². The maximum atomic E-state index is 4.36. The number of rotatable bonds is 2. The van der Waals surface area contributed by atoms with E-state index in [1.165, 1.54) is 56.9 Å². The van der Waals surface area contributed by atoms with Crippen LogP contribution in [0.25, 0.3) is 0 Å². The second-order valence-corrected chi connectivity index (χ2v) is 7.12. The van der Waals surface area contributed by atoms with Gasteiger partial charge in [0.05, 0.1) is 0 Å². The number of fused-ring (bicyclic) bond motifs is 2. The molecule has 0 radical (unpaired) electrons. The molecule has 0 aliphatic heterocycles. The van der Waals surface area contributed by atoms with E-state index in [4.69, 9.17) is 0 Å². The minimum Gasteiger partial charge on any atom is -0.103 e. The number of hydrogen-bond donors (Lipinski definition) is 0. The van der Waals surface area contributed by atoms with Gasteiger partial charge in [0.1, 0.15) is 0 Å². The van der Waals surface area contributed by atoms with Crippen LogP contribution in [0.3, 0.4) is 0 Å². The summed E-state index contributed by atoms with van der Waals surface area (Å²) < 4.78 is 0. The van der Waals surface area contributed by atoms with Crippen molar-refractivity contribution in [2.24, 2.45) is 29.6 Å². The van der Waals surface area contributed by atoms with Crippen molar-refractivity contribution in [1.29, 1.82) is 0 Å². The van der Waals surface area contributed by atoms with E-state index >= 15 is 0 Å². The Kier molecular flexibility index (Phi) is 3.63. The van der Waals surface area contributed by atoms with Gasteiger partial charge >= 0.3 is 0 Å². The quantitative estimate of drug-likeness (QED) is 0.573. The van der Waals surface area contributed by atoms with Gasteiger partial charge in [-0.05, 0) is 61.7 Å². The van der Waals surface area contributed by atoms with Crippen molar-refractivity contribution >= 4 is 0 Å². The zero-order chi connectivity index (χ0) is 12.5. The van der Waals surface area contributed by atoms with Crippen molar-refractivity contribution in [1.82, 2.24) is 0 Å². The molecular formula is C18H28. The van der Waals surface area contributed by atoms with Crippen molar-refractivity contribution in [3.8, 4) is 0 Å². The highest BCUT2D eigenvalue weighted by Gasteiger charge is 2.41. The van der Waals surface area contributed by atoms with Crippen molar-refractivity contribution < 1.29 is 0 Å². The highest BCUT2D eigenvalue weighted by Crippen LogP contribution is 2.52. The lowest BCUT2D eigenvalue weighted by molar-refractivity contribution is 0.0524. The van der Waals surface area contributed by atoms with Gasteiger partial charge in [-0.3, -0.25) is 0 Å². The standard InChI is InChI=1S/C18H28/c1-3-6-14-10-18-12-16-8-5-4-7-15(16)11-17(18)9-13(14)2/h3,14-18H,1-2,4-12H2. The molecule has 0 heteroatoms. The first-order valence-electron chi connectivity index (χ1n) is 8.06. The normalized spacial score (nSPS) is 44.0. The summed E-state index contributed by atoms with van der Waals surface area (Å²) in [4.78, 5) is 0. The lowest BCUT2D eigenvalue weighted by atomic mass is 9.57. The molecule has 100 valence electrons. The topological polar surface area (TPSA) is 0 Å². The average Bonchev–Trinajstić information content (AvgIpc) is 2.38. The maximum Gasteiger partial charge on any atom is -0.0169 e. The third-order valence-corrected chi connectivity index (χ3v) is 6.08. The highest BCUT2D eigenvalue weighted by molar-refractivity contribution is 5.10. The monoisotopic (exact) mass is 244 g/mol. The van der Waals surface area contributed by atoms with E-state index in [9.17, 15) is 0 Å². The Bertz CT molecular complexity index is 327. The van der Waals surface area contributed by atoms with Gasteiger partial charge in [0.2, 0.25) is 0 Å². The lowest BCUT2D eigenvalue weighted by Gasteiger charge is -2.48. The van der Waals surface area contributed by atoms with Gasteiger partial charge in [0.15, 0.2) is 0 Å². The third-order valence-electron chi connectivity index (χ3n) is 6.08. The van der Waals surface area contributed by atoms with E-state index in [2.05, 4.69) is 19.2 Å². The van der Waals surface area contributed by atoms with E-state index < -0.39 is 0 Å². The molecule has 3 rings (SSSR count). The van der Waals surface area contributed by atoms with Crippen LogP contribution in [0.5, 0.6) is 0 Å². The molecule has 0 bridgehead atoms. The molecule has 18 heavy (non-hydrogen) atoms. The van der Waals surface area contributed by atoms with Crippen LogP contribution < -0.4 is 0 Å². The van der Waals surface area contributed by atoms with Crippen LogP contribution in [0.2, 0.25) is 0 Å². The average molecular weight is 244 g/mol. The van der Waals surface area contributed by atoms with Crippen LogP contribution in [0, 0.1) is 29.6 Å². The van der Waals surface area contributed by atoms with Gasteiger partial charge in [-0.2, -0.15) is 0 Å². The molecule has 3 aliphatic carbocycles. The van der Waals surface area contributed by atoms with Gasteiger partial charge in [-0.1, -0.05) is 43.9 Å². The summed E-state index contributed by atoms with van der Waals surface area (Å²) >= 11 is 0. The number of allylic oxidation sites excluding steroid dienone is 2. The summed E-state index contributed by atoms with van der Waals surface area (Å²) in [6.07, 6.45) is 15.1. The molecule has 5 atom stereocenters. The molecule has 0 amide bonds. The van der Waals surface area contributed by atoms with E-state index in [1.807, 2.05) is 0 Å². The molecule has 0 spiro atoms. The fourth-order valence-electron chi connectivity index (χ4n) is 5.11. The summed E-state index contributed by atoms with van der Waals surface area (Å²) in [5.41, 5.74) is 1.53. The Morgan fingerprint density at radius 3 is 2.28 bits per heavy atom. The molecule has 3 aliphatic rings. The molecule has 0 aromatic heterocycles. The Morgan fingerprint density at radius 1 is 0.944 bits per heavy atom. The van der Waals surface area contributed by atoms with Crippen LogP contribution >= 0.6 is 0 Å². The summed E-state index contributed by atoms with van der Waals surface area (Å²) in [5.74, 6) is 4.90. The Balaban J connectivity index is 1.68. The lowest BCUT2D eigenvalue weighted by Crippen LogP contribution is -2.37. The minimum atomic E-state index is 0.754. The molecule has 0 nitrogen and oxygen atoms in total. The van der Waals surface area contributed by atoms with Gasteiger partial charge < -0.3 is 0 Å². The van der Waals surface area contributed by atoms with E-state index in [0.717, 1.165) is 36.0 Å². The summed E-state index contributed by atoms with van der Waals surface area (Å²) in [7, 11) is 0. The SMILES string of the molecule is C=CCC1CC2CC3CCCCC3CC2CC1=C. The molecule has 0 aromatic carbocycles. The highest BCUT2D eigenvalue weighted by atomic mass is 14.5. The zero-order valence-electron chi connectivity index (χ0n) is 11.7. The Morgan fingerprint density at radius 2 is 1.61 bits per heavy atom. The van der Waals surface area contributed by atoms with Crippen LogP contribution in [0.4, 0.5) is 0 Å². The van der Waals surface area contributed by atoms with E-state index in [0.29, 0.717) is 0 Å². The molecule has 0 heterocycles. The van der Waals surface area contributed by atoms with E-state index in [-0.39, 0.29) is 0 Å². The molecule has 3 saturated carbocycles. The molecule has 3 fully saturated rings. The van der Waals surface area contributed by atoms with E-state index in [1.54, 1.807) is 0 Å². The fraction of sp³-hybridized carbons (Fsp3) is 0.778. The Hall–Kier alpha value is -0.520. The van der Waals surface area contributed by atoms with Crippen LogP contribution in [0.15, 0.2) is 24.8 Å². The van der Waals surface area contributed by atoms with Crippen molar-refractivity contribution in [2.45, 2.75) is 57.8 Å². The molecule has 0 aromatic rings. The van der Waals surface area contributed by atoms with Crippen LogP contribution in [-0.2, 0) is 0 Å². The second-order valence-electron chi connectivity index (χ2n) is 7.12. The van der Waals surface area contributed by atoms with Crippen molar-refractivity contribution in [3.05, 3.63) is 24.8 Å². The Labute approximate surface area is 113 Å². The predicted molar refractivity (Wildman–Crippen MR) is 78.3 cm³/mol. The van der Waals surface area contributed by atoms with Gasteiger partial charge in [-0.15, -0.1) is 6.58 Å². The minimum absolute atomic E-state index is 0.754. The first kappa shape index (κ1) is 12.5. The van der Waals surface area contributed by atoms with Crippen LogP contribution in [-0.4, -0.2) is 0 Å². The largest absolute Gasteiger partial charge is 0.103 e. The smallest absolute Gasteiger partial charge is 0.0169 e. The van der Waals surface area contributed by atoms with Gasteiger partial charge in [0, 0.05) is 0 Å². The summed E-state index contributed by atoms with van der Waals surface area (Å²) in [5, 5.41) is 0. The van der Waals surface area contributed by atoms with Gasteiger partial charge in [0.25, 0.3) is 0 Å². The third kappa shape index (κ3) is 2.31. The number of hydrogen-bond acceptors (Lipinski definition) is 0. The second kappa shape index (κ2) is 5.23.